The van der Waals surface area contributed by atoms with Gasteiger partial charge in [-0.3, -0.25) is 0 Å². The molecule has 0 heterocycles. The predicted octanol–water partition coefficient (Wildman–Crippen LogP) is 2.98. The molecule has 2 rings (SSSR count). The zero-order chi connectivity index (χ0) is 13.5. The monoisotopic (exact) mass is 258 g/mol. The minimum absolute atomic E-state index is 0.0557. The lowest BCUT2D eigenvalue weighted by atomic mass is 10.1. The molecule has 0 bridgehead atoms. The second kappa shape index (κ2) is 6.54. The summed E-state index contributed by atoms with van der Waals surface area (Å²) >= 11 is 0. The lowest BCUT2D eigenvalue weighted by molar-refractivity contribution is -0.790. The van der Waals surface area contributed by atoms with Gasteiger partial charge in [-0.1, -0.05) is 42.5 Å². The van der Waals surface area contributed by atoms with E-state index in [0.29, 0.717) is 13.0 Å². The highest BCUT2D eigenvalue weighted by Gasteiger charge is 2.04. The minimum Gasteiger partial charge on any atom is -0.489 e. The standard InChI is InChI=1S/C15H16NO3/c17-16(18)11-10-13-6-8-15(9-7-13)19-12-14-4-2-1-3-5-14/h1-9H,10-12H2,(H,17,18)/q+1. The molecule has 4 heteroatoms. The normalized spacial score (nSPS) is 10.1. The van der Waals surface area contributed by atoms with Crippen LogP contribution in [0.1, 0.15) is 11.1 Å². The van der Waals surface area contributed by atoms with Crippen molar-refractivity contribution in [3.8, 4) is 5.75 Å². The lowest BCUT2D eigenvalue weighted by Gasteiger charge is -2.06. The average molecular weight is 258 g/mol. The molecule has 0 radical (unpaired) electrons. The molecule has 2 aromatic carbocycles. The summed E-state index contributed by atoms with van der Waals surface area (Å²) in [5.74, 6) is 0.788. The maximum absolute atomic E-state index is 10.4. The predicted molar refractivity (Wildman–Crippen MR) is 71.2 cm³/mol. The van der Waals surface area contributed by atoms with Crippen LogP contribution in [0.15, 0.2) is 54.6 Å². The molecule has 0 aromatic heterocycles. The molecule has 0 aliphatic carbocycles. The van der Waals surface area contributed by atoms with Crippen LogP contribution in [0.4, 0.5) is 0 Å². The Morgan fingerprint density at radius 3 is 2.26 bits per heavy atom. The van der Waals surface area contributed by atoms with Crippen LogP contribution in [0, 0.1) is 4.91 Å². The number of hydrogen-bond donors (Lipinski definition) is 1. The molecule has 1 N–H and O–H groups in total. The van der Waals surface area contributed by atoms with Crippen LogP contribution in [0.3, 0.4) is 0 Å². The highest BCUT2D eigenvalue weighted by atomic mass is 16.6. The summed E-state index contributed by atoms with van der Waals surface area (Å²) in [4.78, 5) is 10.3. The zero-order valence-electron chi connectivity index (χ0n) is 10.5. The summed E-state index contributed by atoms with van der Waals surface area (Å²) < 4.78 is 5.65. The van der Waals surface area contributed by atoms with Gasteiger partial charge in [-0.05, 0) is 23.3 Å². The van der Waals surface area contributed by atoms with Gasteiger partial charge in [0.25, 0.3) is 6.54 Å². The first-order chi connectivity index (χ1) is 9.24. The molecule has 0 spiro atoms. The second-order valence-electron chi connectivity index (χ2n) is 4.24. The Morgan fingerprint density at radius 1 is 0.947 bits per heavy atom. The SMILES string of the molecule is O=[N+](O)CCc1ccc(OCc2ccccc2)cc1. The van der Waals surface area contributed by atoms with Crippen LogP contribution in [0.5, 0.6) is 5.75 Å². The molecule has 98 valence electrons. The maximum atomic E-state index is 10.4. The first-order valence-corrected chi connectivity index (χ1v) is 6.13. The van der Waals surface area contributed by atoms with E-state index in [2.05, 4.69) is 0 Å². The van der Waals surface area contributed by atoms with Crippen molar-refractivity contribution in [3.05, 3.63) is 70.6 Å². The smallest absolute Gasteiger partial charge is 0.252 e. The van der Waals surface area contributed by atoms with Gasteiger partial charge in [0.15, 0.2) is 0 Å². The Kier molecular flexibility index (Phi) is 4.50. The Balaban J connectivity index is 1.86. The van der Waals surface area contributed by atoms with Gasteiger partial charge in [-0.2, -0.15) is 0 Å². The molecule has 19 heavy (non-hydrogen) atoms. The Morgan fingerprint density at radius 2 is 1.63 bits per heavy atom. The molecule has 0 saturated carbocycles. The molecule has 0 fully saturated rings. The van der Waals surface area contributed by atoms with Crippen LogP contribution in [-0.4, -0.2) is 16.7 Å². The second-order valence-corrected chi connectivity index (χ2v) is 4.24. The van der Waals surface area contributed by atoms with Crippen molar-refractivity contribution in [2.75, 3.05) is 6.54 Å². The first kappa shape index (κ1) is 13.1. The van der Waals surface area contributed by atoms with Crippen LogP contribution in [0.2, 0.25) is 0 Å². The van der Waals surface area contributed by atoms with E-state index in [9.17, 15) is 4.91 Å². The molecule has 2 aromatic rings. The Bertz CT molecular complexity index is 523. The summed E-state index contributed by atoms with van der Waals surface area (Å²) in [6.07, 6.45) is 0.513. The molecule has 0 atom stereocenters. The summed E-state index contributed by atoms with van der Waals surface area (Å²) in [5.41, 5.74) is 2.11. The van der Waals surface area contributed by atoms with E-state index in [1.807, 2.05) is 54.6 Å². The van der Waals surface area contributed by atoms with Crippen molar-refractivity contribution < 1.29 is 14.9 Å². The topological polar surface area (TPSA) is 49.5 Å². The summed E-state index contributed by atoms with van der Waals surface area (Å²) in [5, 5.41) is 8.53. The van der Waals surface area contributed by atoms with Gasteiger partial charge in [0.2, 0.25) is 4.92 Å². The van der Waals surface area contributed by atoms with E-state index in [1.54, 1.807) is 0 Å². The van der Waals surface area contributed by atoms with Gasteiger partial charge >= 0.3 is 0 Å². The van der Waals surface area contributed by atoms with E-state index in [0.717, 1.165) is 16.9 Å². The molecule has 0 unspecified atom stereocenters. The molecule has 4 nitrogen and oxygen atoms in total. The van der Waals surface area contributed by atoms with Crippen molar-refractivity contribution in [2.24, 2.45) is 0 Å². The van der Waals surface area contributed by atoms with E-state index in [-0.39, 0.29) is 11.5 Å². The summed E-state index contributed by atoms with van der Waals surface area (Å²) in [6.45, 7) is 0.607. The third-order valence-electron chi connectivity index (χ3n) is 2.76. The third kappa shape index (κ3) is 4.43. The number of nitrogens with zero attached hydrogens (tertiary/aromatic N) is 1. The maximum Gasteiger partial charge on any atom is 0.252 e. The van der Waals surface area contributed by atoms with Gasteiger partial charge in [-0.25, -0.2) is 5.21 Å². The van der Waals surface area contributed by atoms with E-state index in [1.165, 1.54) is 0 Å². The van der Waals surface area contributed by atoms with Crippen molar-refractivity contribution in [1.82, 2.24) is 0 Å². The summed E-state index contributed by atoms with van der Waals surface area (Å²) in [7, 11) is 0. The van der Waals surface area contributed by atoms with Crippen LogP contribution in [-0.2, 0) is 13.0 Å². The largest absolute Gasteiger partial charge is 0.489 e. The molecular formula is C15H16NO3+. The fourth-order valence-corrected chi connectivity index (χ4v) is 1.72. The van der Waals surface area contributed by atoms with Crippen molar-refractivity contribution >= 4 is 0 Å². The third-order valence-corrected chi connectivity index (χ3v) is 2.76. The van der Waals surface area contributed by atoms with Gasteiger partial charge < -0.3 is 4.74 Å². The van der Waals surface area contributed by atoms with Gasteiger partial charge in [0, 0.05) is 6.42 Å². The summed E-state index contributed by atoms with van der Waals surface area (Å²) in [6, 6.07) is 17.5. The molecule has 0 amide bonds. The van der Waals surface area contributed by atoms with Crippen LogP contribution in [0.25, 0.3) is 0 Å². The fourth-order valence-electron chi connectivity index (χ4n) is 1.72. The molecule has 0 saturated heterocycles. The van der Waals surface area contributed by atoms with E-state index in [4.69, 9.17) is 9.94 Å². The van der Waals surface area contributed by atoms with Gasteiger partial charge in [0.05, 0.1) is 4.91 Å². The van der Waals surface area contributed by atoms with Crippen LogP contribution >= 0.6 is 0 Å². The fraction of sp³-hybridized carbons (Fsp3) is 0.200. The average Bonchev–Trinajstić information content (AvgIpc) is 2.45. The number of benzene rings is 2. The quantitative estimate of drug-likeness (QED) is 0.810. The van der Waals surface area contributed by atoms with E-state index >= 15 is 0 Å². The highest BCUT2D eigenvalue weighted by Crippen LogP contribution is 2.14. The number of hydrogen-bond acceptors (Lipinski definition) is 2. The lowest BCUT2D eigenvalue weighted by Crippen LogP contribution is -2.06. The first-order valence-electron chi connectivity index (χ1n) is 6.13. The Hall–Kier alpha value is -2.36. The van der Waals surface area contributed by atoms with Crippen molar-refractivity contribution in [3.63, 3.8) is 0 Å². The number of rotatable bonds is 6. The van der Waals surface area contributed by atoms with Crippen LogP contribution < -0.4 is 4.74 Å². The van der Waals surface area contributed by atoms with E-state index < -0.39 is 0 Å². The number of ether oxygens (including phenoxy) is 1. The van der Waals surface area contributed by atoms with Gasteiger partial charge in [0.1, 0.15) is 12.4 Å². The highest BCUT2D eigenvalue weighted by molar-refractivity contribution is 5.27. The minimum atomic E-state index is -0.0557. The van der Waals surface area contributed by atoms with Crippen molar-refractivity contribution in [1.29, 1.82) is 0 Å². The molecule has 0 aliphatic rings. The zero-order valence-corrected chi connectivity index (χ0v) is 10.5. The molecular weight excluding hydrogens is 242 g/mol. The van der Waals surface area contributed by atoms with Crippen molar-refractivity contribution in [2.45, 2.75) is 13.0 Å². The molecule has 0 aliphatic heterocycles. The Labute approximate surface area is 111 Å². The van der Waals surface area contributed by atoms with Gasteiger partial charge in [-0.15, -0.1) is 0 Å².